The van der Waals surface area contributed by atoms with Gasteiger partial charge in [0.25, 0.3) is 0 Å². The summed E-state index contributed by atoms with van der Waals surface area (Å²) in [6.07, 6.45) is 5.26. The molecule has 0 fully saturated rings. The van der Waals surface area contributed by atoms with Crippen molar-refractivity contribution in [1.29, 1.82) is 0 Å². The van der Waals surface area contributed by atoms with Crippen molar-refractivity contribution in [2.24, 2.45) is 4.99 Å². The van der Waals surface area contributed by atoms with Crippen molar-refractivity contribution in [3.05, 3.63) is 41.7 Å². The summed E-state index contributed by atoms with van der Waals surface area (Å²) in [5.41, 5.74) is 1.46. The molecule has 0 amide bonds. The molecule has 2 N–H and O–H groups in total. The maximum absolute atomic E-state index is 12.8. The van der Waals surface area contributed by atoms with Crippen molar-refractivity contribution in [2.45, 2.75) is 24.2 Å². The van der Waals surface area contributed by atoms with Crippen LogP contribution in [-0.2, 0) is 4.74 Å². The number of nitrogens with zero attached hydrogens (tertiary/aromatic N) is 1. The Balaban J connectivity index is 1.54. The van der Waals surface area contributed by atoms with Crippen molar-refractivity contribution in [3.8, 4) is 0 Å². The highest BCUT2D eigenvalue weighted by atomic mass is 32.2. The molecule has 0 radical (unpaired) electrons. The van der Waals surface area contributed by atoms with E-state index in [1.54, 1.807) is 18.8 Å². The van der Waals surface area contributed by atoms with Gasteiger partial charge >= 0.3 is 0 Å². The fourth-order valence-corrected chi connectivity index (χ4v) is 3.21. The monoisotopic (exact) mass is 351 g/mol. The van der Waals surface area contributed by atoms with E-state index < -0.39 is 0 Å². The van der Waals surface area contributed by atoms with Gasteiger partial charge in [-0.1, -0.05) is 11.6 Å². The van der Waals surface area contributed by atoms with Gasteiger partial charge in [-0.15, -0.1) is 11.8 Å². The Bertz CT molecular complexity index is 546. The Hall–Kier alpha value is -1.53. The molecule has 1 aliphatic rings. The SMILES string of the molecule is CN=C(NCCCSc1ccc(F)cc1)NCCC1=CCOCC1. The molecule has 0 aromatic heterocycles. The Kier molecular flexibility index (Phi) is 8.70. The number of nitrogens with one attached hydrogen (secondary N) is 2. The summed E-state index contributed by atoms with van der Waals surface area (Å²) in [7, 11) is 1.79. The third-order valence-corrected chi connectivity index (χ3v) is 4.81. The molecule has 24 heavy (non-hydrogen) atoms. The molecular weight excluding hydrogens is 325 g/mol. The van der Waals surface area contributed by atoms with E-state index in [-0.39, 0.29) is 5.82 Å². The fraction of sp³-hybridized carbons (Fsp3) is 0.500. The first-order valence-corrected chi connectivity index (χ1v) is 9.35. The van der Waals surface area contributed by atoms with E-state index in [4.69, 9.17) is 4.74 Å². The van der Waals surface area contributed by atoms with Crippen LogP contribution in [0, 0.1) is 5.82 Å². The molecule has 1 heterocycles. The van der Waals surface area contributed by atoms with Gasteiger partial charge in [0, 0.05) is 25.0 Å². The lowest BCUT2D eigenvalue weighted by Crippen LogP contribution is -2.38. The fourth-order valence-electron chi connectivity index (χ4n) is 2.35. The van der Waals surface area contributed by atoms with E-state index in [9.17, 15) is 4.39 Å². The molecule has 4 nitrogen and oxygen atoms in total. The average molecular weight is 351 g/mol. The average Bonchev–Trinajstić information content (AvgIpc) is 2.62. The first-order valence-electron chi connectivity index (χ1n) is 8.36. The quantitative estimate of drug-likeness (QED) is 0.248. The van der Waals surface area contributed by atoms with Crippen LogP contribution < -0.4 is 10.6 Å². The Morgan fingerprint density at radius 3 is 2.75 bits per heavy atom. The van der Waals surface area contributed by atoms with Crippen LogP contribution in [0.2, 0.25) is 0 Å². The van der Waals surface area contributed by atoms with E-state index in [2.05, 4.69) is 21.7 Å². The van der Waals surface area contributed by atoms with Crippen molar-refractivity contribution in [1.82, 2.24) is 10.6 Å². The van der Waals surface area contributed by atoms with Crippen LogP contribution in [0.15, 0.2) is 45.8 Å². The number of aliphatic imine (C=N–C) groups is 1. The minimum atomic E-state index is -0.188. The second kappa shape index (κ2) is 11.1. The molecule has 0 saturated heterocycles. The van der Waals surface area contributed by atoms with Crippen molar-refractivity contribution in [3.63, 3.8) is 0 Å². The van der Waals surface area contributed by atoms with Gasteiger partial charge in [0.15, 0.2) is 5.96 Å². The van der Waals surface area contributed by atoms with Gasteiger partial charge in [-0.2, -0.15) is 0 Å². The van der Waals surface area contributed by atoms with Gasteiger partial charge in [-0.25, -0.2) is 4.39 Å². The van der Waals surface area contributed by atoms with E-state index in [1.807, 2.05) is 12.1 Å². The summed E-state index contributed by atoms with van der Waals surface area (Å²) in [5.74, 6) is 1.64. The molecule has 0 unspecified atom stereocenters. The number of guanidine groups is 1. The van der Waals surface area contributed by atoms with E-state index >= 15 is 0 Å². The smallest absolute Gasteiger partial charge is 0.190 e. The van der Waals surface area contributed by atoms with Gasteiger partial charge in [-0.3, -0.25) is 4.99 Å². The standard InChI is InChI=1S/C18H26FN3OS/c1-20-18(22-11-7-15-8-12-23-13-9-15)21-10-2-14-24-17-5-3-16(19)4-6-17/h3-6,8H,2,7,9-14H2,1H3,(H2,20,21,22). The largest absolute Gasteiger partial charge is 0.377 e. The maximum atomic E-state index is 12.8. The lowest BCUT2D eigenvalue weighted by molar-refractivity contribution is 0.153. The molecule has 132 valence electrons. The number of benzene rings is 1. The predicted octanol–water partition coefficient (Wildman–Crippen LogP) is 3.21. The minimum absolute atomic E-state index is 0.188. The topological polar surface area (TPSA) is 45.7 Å². The Labute approximate surface area is 148 Å². The van der Waals surface area contributed by atoms with Crippen LogP contribution in [0.3, 0.4) is 0 Å². The molecule has 0 bridgehead atoms. The van der Waals surface area contributed by atoms with Gasteiger partial charge in [0.2, 0.25) is 0 Å². The lowest BCUT2D eigenvalue weighted by atomic mass is 10.1. The molecule has 1 aromatic carbocycles. The number of rotatable bonds is 8. The maximum Gasteiger partial charge on any atom is 0.190 e. The molecule has 2 rings (SSSR count). The number of hydrogen-bond acceptors (Lipinski definition) is 3. The van der Waals surface area contributed by atoms with Gasteiger partial charge in [0.05, 0.1) is 13.2 Å². The highest BCUT2D eigenvalue weighted by Gasteiger charge is 2.04. The summed E-state index contributed by atoms with van der Waals surface area (Å²) in [6, 6.07) is 6.64. The van der Waals surface area contributed by atoms with Gasteiger partial charge < -0.3 is 15.4 Å². The predicted molar refractivity (Wildman–Crippen MR) is 99.2 cm³/mol. The zero-order chi connectivity index (χ0) is 17.0. The third-order valence-electron chi connectivity index (χ3n) is 3.72. The molecular formula is C18H26FN3OS. The Morgan fingerprint density at radius 2 is 2.04 bits per heavy atom. The van der Waals surface area contributed by atoms with E-state index in [0.29, 0.717) is 0 Å². The zero-order valence-corrected chi connectivity index (χ0v) is 15.0. The van der Waals surface area contributed by atoms with Crippen LogP contribution >= 0.6 is 11.8 Å². The second-order valence-corrected chi connectivity index (χ2v) is 6.69. The van der Waals surface area contributed by atoms with Crippen LogP contribution in [0.5, 0.6) is 0 Å². The summed E-state index contributed by atoms with van der Waals surface area (Å²) in [6.45, 7) is 3.33. The molecule has 0 aliphatic carbocycles. The van der Waals surface area contributed by atoms with Crippen LogP contribution in [0.1, 0.15) is 19.3 Å². The molecule has 1 aromatic rings. The van der Waals surface area contributed by atoms with Crippen molar-refractivity contribution in [2.75, 3.05) is 39.1 Å². The summed E-state index contributed by atoms with van der Waals surface area (Å²) in [4.78, 5) is 5.34. The van der Waals surface area contributed by atoms with E-state index in [1.165, 1.54) is 17.7 Å². The molecule has 0 saturated carbocycles. The summed E-state index contributed by atoms with van der Waals surface area (Å²) in [5, 5.41) is 6.66. The molecule has 0 spiro atoms. The molecule has 6 heteroatoms. The zero-order valence-electron chi connectivity index (χ0n) is 14.2. The number of ether oxygens (including phenoxy) is 1. The lowest BCUT2D eigenvalue weighted by Gasteiger charge is -2.15. The van der Waals surface area contributed by atoms with Crippen LogP contribution in [-0.4, -0.2) is 45.1 Å². The van der Waals surface area contributed by atoms with Crippen molar-refractivity contribution >= 4 is 17.7 Å². The van der Waals surface area contributed by atoms with Crippen LogP contribution in [0.4, 0.5) is 4.39 Å². The van der Waals surface area contributed by atoms with Crippen LogP contribution in [0.25, 0.3) is 0 Å². The first kappa shape index (κ1) is 18.8. The normalized spacial score (nSPS) is 15.1. The van der Waals surface area contributed by atoms with Gasteiger partial charge in [0.1, 0.15) is 5.82 Å². The molecule has 1 aliphatic heterocycles. The highest BCUT2D eigenvalue weighted by molar-refractivity contribution is 7.99. The minimum Gasteiger partial charge on any atom is -0.377 e. The molecule has 0 atom stereocenters. The van der Waals surface area contributed by atoms with Crippen molar-refractivity contribution < 1.29 is 9.13 Å². The number of hydrogen-bond donors (Lipinski definition) is 2. The highest BCUT2D eigenvalue weighted by Crippen LogP contribution is 2.18. The number of thioether (sulfide) groups is 1. The third kappa shape index (κ3) is 7.36. The Morgan fingerprint density at radius 1 is 1.25 bits per heavy atom. The van der Waals surface area contributed by atoms with Gasteiger partial charge in [-0.05, 0) is 49.3 Å². The number of halogens is 1. The van der Waals surface area contributed by atoms with E-state index in [0.717, 1.165) is 62.2 Å². The summed E-state index contributed by atoms with van der Waals surface area (Å²) < 4.78 is 18.1. The second-order valence-electron chi connectivity index (χ2n) is 5.52. The first-order chi connectivity index (χ1) is 11.8. The summed E-state index contributed by atoms with van der Waals surface area (Å²) >= 11 is 1.74.